The molecule has 4 nitrogen and oxygen atoms in total. The molecule has 0 unspecified atom stereocenters. The van der Waals surface area contributed by atoms with E-state index in [4.69, 9.17) is 0 Å². The largest absolute Gasteiger partial charge is 0.342 e. The molecule has 1 saturated carbocycles. The fourth-order valence-corrected chi connectivity index (χ4v) is 2.21. The normalized spacial score (nSPS) is 14.8. The molecule has 2 rings (SSSR count). The molecule has 1 aliphatic carbocycles. The maximum Gasteiger partial charge on any atom is 0.222 e. The third kappa shape index (κ3) is 3.86. The fraction of sp³-hybridized carbons (Fsp3) is 0.714. The summed E-state index contributed by atoms with van der Waals surface area (Å²) < 4.78 is 1.79. The Bertz CT molecular complexity index is 395. The topological polar surface area (TPSA) is 38.1 Å². The molecule has 0 radical (unpaired) electrons. The van der Waals surface area contributed by atoms with Crippen molar-refractivity contribution in [3.05, 3.63) is 18.0 Å². The van der Waals surface area contributed by atoms with E-state index in [1.54, 1.807) is 4.68 Å². The zero-order valence-corrected chi connectivity index (χ0v) is 11.4. The Morgan fingerprint density at radius 3 is 2.89 bits per heavy atom. The molecule has 0 spiro atoms. The molecule has 1 aromatic heterocycles. The first-order valence-electron chi connectivity index (χ1n) is 6.94. The van der Waals surface area contributed by atoms with Crippen LogP contribution in [0.2, 0.25) is 0 Å². The predicted octanol–water partition coefficient (Wildman–Crippen LogP) is 2.00. The van der Waals surface area contributed by atoms with E-state index in [2.05, 4.69) is 12.0 Å². The van der Waals surface area contributed by atoms with Gasteiger partial charge in [-0.25, -0.2) is 0 Å². The highest BCUT2D eigenvalue weighted by atomic mass is 16.2. The lowest BCUT2D eigenvalue weighted by Crippen LogP contribution is -2.33. The summed E-state index contributed by atoms with van der Waals surface area (Å²) in [5, 5.41) is 4.13. The molecular weight excluding hydrogens is 226 g/mol. The molecule has 1 amide bonds. The number of aryl methyl sites for hydroxylation is 2. The molecule has 0 atom stereocenters. The second-order valence-electron chi connectivity index (χ2n) is 5.31. The summed E-state index contributed by atoms with van der Waals surface area (Å²) in [7, 11) is 1.90. The molecule has 1 aromatic rings. The Kier molecular flexibility index (Phi) is 4.39. The Morgan fingerprint density at radius 2 is 2.33 bits per heavy atom. The lowest BCUT2D eigenvalue weighted by Gasteiger charge is -2.21. The smallest absolute Gasteiger partial charge is 0.222 e. The highest BCUT2D eigenvalue weighted by Crippen LogP contribution is 2.30. The third-order valence-corrected chi connectivity index (χ3v) is 3.41. The molecule has 100 valence electrons. The van der Waals surface area contributed by atoms with Crippen LogP contribution in [0.25, 0.3) is 0 Å². The van der Waals surface area contributed by atoms with Crippen molar-refractivity contribution >= 4 is 5.91 Å². The number of carbonyl (C=O) groups excluding carboxylic acids is 1. The summed E-state index contributed by atoms with van der Waals surface area (Å²) in [6.45, 7) is 4.01. The molecule has 1 aliphatic rings. The van der Waals surface area contributed by atoms with Crippen molar-refractivity contribution in [2.75, 3.05) is 13.1 Å². The molecule has 1 heterocycles. The maximum atomic E-state index is 12.2. The van der Waals surface area contributed by atoms with Gasteiger partial charge in [0.15, 0.2) is 0 Å². The zero-order chi connectivity index (χ0) is 13.0. The van der Waals surface area contributed by atoms with Crippen LogP contribution in [0.3, 0.4) is 0 Å². The van der Waals surface area contributed by atoms with Crippen LogP contribution >= 0.6 is 0 Å². The first kappa shape index (κ1) is 13.1. The van der Waals surface area contributed by atoms with Gasteiger partial charge in [0.2, 0.25) is 5.91 Å². The second-order valence-corrected chi connectivity index (χ2v) is 5.31. The van der Waals surface area contributed by atoms with Gasteiger partial charge in [-0.05, 0) is 37.2 Å². The van der Waals surface area contributed by atoms with Gasteiger partial charge in [-0.1, -0.05) is 6.92 Å². The third-order valence-electron chi connectivity index (χ3n) is 3.41. The number of aromatic nitrogens is 2. The van der Waals surface area contributed by atoms with Crippen LogP contribution in [0.15, 0.2) is 12.4 Å². The van der Waals surface area contributed by atoms with Crippen LogP contribution in [-0.4, -0.2) is 33.7 Å². The molecule has 0 aromatic carbocycles. The van der Waals surface area contributed by atoms with E-state index in [0.717, 1.165) is 37.4 Å². The molecule has 0 bridgehead atoms. The van der Waals surface area contributed by atoms with Crippen LogP contribution < -0.4 is 0 Å². The minimum Gasteiger partial charge on any atom is -0.342 e. The summed E-state index contributed by atoms with van der Waals surface area (Å²) in [4.78, 5) is 14.2. The van der Waals surface area contributed by atoms with Crippen molar-refractivity contribution in [1.29, 1.82) is 0 Å². The monoisotopic (exact) mass is 249 g/mol. The van der Waals surface area contributed by atoms with Crippen molar-refractivity contribution in [2.24, 2.45) is 13.0 Å². The van der Waals surface area contributed by atoms with E-state index in [9.17, 15) is 4.79 Å². The lowest BCUT2D eigenvalue weighted by atomic mass is 10.2. The maximum absolute atomic E-state index is 12.2. The minimum absolute atomic E-state index is 0.299. The highest BCUT2D eigenvalue weighted by molar-refractivity contribution is 5.76. The predicted molar refractivity (Wildman–Crippen MR) is 71.1 cm³/mol. The number of nitrogens with zero attached hydrogens (tertiary/aromatic N) is 3. The molecule has 18 heavy (non-hydrogen) atoms. The Balaban J connectivity index is 1.80. The van der Waals surface area contributed by atoms with Gasteiger partial charge >= 0.3 is 0 Å². The molecule has 0 saturated heterocycles. The minimum atomic E-state index is 0.299. The van der Waals surface area contributed by atoms with E-state index >= 15 is 0 Å². The van der Waals surface area contributed by atoms with Crippen LogP contribution in [0.4, 0.5) is 0 Å². The SMILES string of the molecule is CCCN(CC1CC1)C(=O)CCc1cnn(C)c1. The van der Waals surface area contributed by atoms with Gasteiger partial charge in [0.1, 0.15) is 0 Å². The average Bonchev–Trinajstić information content (AvgIpc) is 3.07. The first-order valence-corrected chi connectivity index (χ1v) is 6.94. The first-order chi connectivity index (χ1) is 8.69. The summed E-state index contributed by atoms with van der Waals surface area (Å²) in [6.07, 6.45) is 8.89. The summed E-state index contributed by atoms with van der Waals surface area (Å²) >= 11 is 0. The molecule has 4 heteroatoms. The summed E-state index contributed by atoms with van der Waals surface area (Å²) in [5.74, 6) is 1.08. The van der Waals surface area contributed by atoms with Crippen LogP contribution in [0, 0.1) is 5.92 Å². The van der Waals surface area contributed by atoms with Crippen LogP contribution in [0.5, 0.6) is 0 Å². The van der Waals surface area contributed by atoms with Crippen LogP contribution in [-0.2, 0) is 18.3 Å². The van der Waals surface area contributed by atoms with Crippen molar-refractivity contribution in [3.8, 4) is 0 Å². The van der Waals surface area contributed by atoms with Crippen molar-refractivity contribution < 1.29 is 4.79 Å². The number of rotatable bonds is 7. The second kappa shape index (κ2) is 6.03. The van der Waals surface area contributed by atoms with Gasteiger partial charge < -0.3 is 4.90 Å². The van der Waals surface area contributed by atoms with Gasteiger partial charge in [0, 0.05) is 32.8 Å². The van der Waals surface area contributed by atoms with Crippen molar-refractivity contribution in [2.45, 2.75) is 39.0 Å². The highest BCUT2D eigenvalue weighted by Gasteiger charge is 2.26. The summed E-state index contributed by atoms with van der Waals surface area (Å²) in [5.41, 5.74) is 1.15. The quantitative estimate of drug-likeness (QED) is 0.741. The van der Waals surface area contributed by atoms with E-state index in [-0.39, 0.29) is 0 Å². The lowest BCUT2D eigenvalue weighted by molar-refractivity contribution is -0.131. The Labute approximate surface area is 109 Å². The van der Waals surface area contributed by atoms with Gasteiger partial charge in [0.05, 0.1) is 6.20 Å². The van der Waals surface area contributed by atoms with Gasteiger partial charge in [-0.3, -0.25) is 9.48 Å². The zero-order valence-electron chi connectivity index (χ0n) is 11.4. The fourth-order valence-electron chi connectivity index (χ4n) is 2.21. The molecular formula is C14H23N3O. The number of hydrogen-bond acceptors (Lipinski definition) is 2. The van der Waals surface area contributed by atoms with E-state index in [1.807, 2.05) is 24.3 Å². The summed E-state index contributed by atoms with van der Waals surface area (Å²) in [6, 6.07) is 0. The van der Waals surface area contributed by atoms with Gasteiger partial charge in [-0.15, -0.1) is 0 Å². The Hall–Kier alpha value is -1.32. The Morgan fingerprint density at radius 1 is 1.56 bits per heavy atom. The van der Waals surface area contributed by atoms with Gasteiger partial charge in [-0.2, -0.15) is 5.10 Å². The van der Waals surface area contributed by atoms with E-state index in [0.29, 0.717) is 12.3 Å². The molecule has 1 fully saturated rings. The molecule has 0 aliphatic heterocycles. The standard InChI is InChI=1S/C14H23N3O/c1-3-8-17(11-12-4-5-12)14(18)7-6-13-9-15-16(2)10-13/h9-10,12H,3-8,11H2,1-2H3. The molecule has 0 N–H and O–H groups in total. The van der Waals surface area contributed by atoms with Gasteiger partial charge in [0.25, 0.3) is 0 Å². The van der Waals surface area contributed by atoms with Crippen molar-refractivity contribution in [3.63, 3.8) is 0 Å². The van der Waals surface area contributed by atoms with E-state index in [1.165, 1.54) is 12.8 Å². The number of hydrogen-bond donors (Lipinski definition) is 0. The number of amides is 1. The van der Waals surface area contributed by atoms with E-state index < -0.39 is 0 Å². The number of carbonyl (C=O) groups is 1. The van der Waals surface area contributed by atoms with Crippen molar-refractivity contribution in [1.82, 2.24) is 14.7 Å². The average molecular weight is 249 g/mol. The van der Waals surface area contributed by atoms with Crippen LogP contribution in [0.1, 0.15) is 38.2 Å².